The van der Waals surface area contributed by atoms with Crippen molar-refractivity contribution in [3.63, 3.8) is 0 Å². The van der Waals surface area contributed by atoms with Crippen LogP contribution in [-0.4, -0.2) is 34.3 Å². The maximum absolute atomic E-state index is 12.9. The topological polar surface area (TPSA) is 62.3 Å². The number of carbonyl (C=O) groups is 2. The summed E-state index contributed by atoms with van der Waals surface area (Å²) in [6.45, 7) is 2.73. The van der Waals surface area contributed by atoms with Crippen molar-refractivity contribution in [1.82, 2.24) is 9.88 Å². The van der Waals surface area contributed by atoms with Crippen molar-refractivity contribution in [3.05, 3.63) is 24.1 Å². The largest absolute Gasteiger partial charge is 0.330 e. The number of rotatable bonds is 5. The fourth-order valence-corrected chi connectivity index (χ4v) is 3.22. The molecule has 1 saturated carbocycles. The lowest BCUT2D eigenvalue weighted by molar-refractivity contribution is -0.136. The van der Waals surface area contributed by atoms with Crippen molar-refractivity contribution in [2.24, 2.45) is 5.41 Å². The number of halogens is 1. The fourth-order valence-electron chi connectivity index (χ4n) is 3.22. The monoisotopic (exact) mass is 319 g/mol. The maximum atomic E-state index is 12.9. The van der Waals surface area contributed by atoms with Crippen LogP contribution >= 0.6 is 0 Å². The molecular formula is C17H22FN3O2. The van der Waals surface area contributed by atoms with Crippen LogP contribution in [0.4, 0.5) is 10.2 Å². The summed E-state index contributed by atoms with van der Waals surface area (Å²) in [5.74, 6) is -0.299. The Morgan fingerprint density at radius 3 is 2.83 bits per heavy atom. The van der Waals surface area contributed by atoms with Gasteiger partial charge in [-0.2, -0.15) is 0 Å². The fraction of sp³-hybridized carbons (Fsp3) is 0.588. The number of unbranched alkanes of at least 4 members (excludes halogenated alkanes) is 1. The predicted octanol–water partition coefficient (Wildman–Crippen LogP) is 2.73. The van der Waals surface area contributed by atoms with Crippen LogP contribution in [-0.2, 0) is 9.59 Å². The van der Waals surface area contributed by atoms with Gasteiger partial charge in [0.15, 0.2) is 0 Å². The molecule has 1 N–H and O–H groups in total. The minimum absolute atomic E-state index is 0.0582. The molecule has 124 valence electrons. The van der Waals surface area contributed by atoms with Gasteiger partial charge in [-0.15, -0.1) is 0 Å². The average molecular weight is 319 g/mol. The molecular weight excluding hydrogens is 297 g/mol. The zero-order valence-corrected chi connectivity index (χ0v) is 13.3. The Labute approximate surface area is 135 Å². The van der Waals surface area contributed by atoms with Crippen molar-refractivity contribution >= 4 is 17.6 Å². The van der Waals surface area contributed by atoms with E-state index in [1.807, 2.05) is 6.92 Å². The summed E-state index contributed by atoms with van der Waals surface area (Å²) in [6.07, 6.45) is 6.25. The molecule has 1 aliphatic carbocycles. The molecule has 2 heterocycles. The van der Waals surface area contributed by atoms with Gasteiger partial charge in [-0.3, -0.25) is 9.59 Å². The molecule has 2 amide bonds. The lowest BCUT2D eigenvalue weighted by atomic mass is 10.0. The number of hydrogen-bond acceptors (Lipinski definition) is 3. The molecule has 5 nitrogen and oxygen atoms in total. The summed E-state index contributed by atoms with van der Waals surface area (Å²) in [4.78, 5) is 30.6. The zero-order valence-electron chi connectivity index (χ0n) is 13.3. The van der Waals surface area contributed by atoms with E-state index in [1.54, 1.807) is 4.90 Å². The first-order valence-electron chi connectivity index (χ1n) is 8.25. The number of anilines is 1. The quantitative estimate of drug-likeness (QED) is 0.907. The highest BCUT2D eigenvalue weighted by Gasteiger charge is 2.54. The van der Waals surface area contributed by atoms with Gasteiger partial charge in [-0.1, -0.05) is 13.3 Å². The van der Waals surface area contributed by atoms with Gasteiger partial charge in [-0.05, 0) is 43.2 Å². The first-order chi connectivity index (χ1) is 11.0. The van der Waals surface area contributed by atoms with Crippen LogP contribution in [0, 0.1) is 11.2 Å². The van der Waals surface area contributed by atoms with Crippen molar-refractivity contribution < 1.29 is 14.0 Å². The van der Waals surface area contributed by atoms with Crippen LogP contribution < -0.4 is 5.32 Å². The molecule has 1 atom stereocenters. The number of nitrogens with one attached hydrogen (secondary N) is 1. The third kappa shape index (κ3) is 3.51. The predicted molar refractivity (Wildman–Crippen MR) is 84.1 cm³/mol. The van der Waals surface area contributed by atoms with E-state index in [4.69, 9.17) is 0 Å². The molecule has 0 unspecified atom stereocenters. The number of nitrogens with zero attached hydrogens (tertiary/aromatic N) is 2. The van der Waals surface area contributed by atoms with Crippen molar-refractivity contribution in [2.75, 3.05) is 11.9 Å². The second kappa shape index (κ2) is 6.26. The molecule has 1 saturated heterocycles. The van der Waals surface area contributed by atoms with Gasteiger partial charge in [0, 0.05) is 13.0 Å². The lowest BCUT2D eigenvalue weighted by Crippen LogP contribution is -2.43. The molecule has 3 rings (SSSR count). The molecule has 0 aromatic carbocycles. The first kappa shape index (κ1) is 15.9. The van der Waals surface area contributed by atoms with E-state index in [0.717, 1.165) is 38.3 Å². The third-order valence-corrected chi connectivity index (χ3v) is 4.81. The van der Waals surface area contributed by atoms with Gasteiger partial charge >= 0.3 is 0 Å². The minimum Gasteiger partial charge on any atom is -0.330 e. The summed E-state index contributed by atoms with van der Waals surface area (Å²) in [5.41, 5.74) is 0.153. The van der Waals surface area contributed by atoms with Gasteiger partial charge < -0.3 is 10.2 Å². The second-order valence-electron chi connectivity index (χ2n) is 6.70. The smallest absolute Gasteiger partial charge is 0.248 e. The van der Waals surface area contributed by atoms with Gasteiger partial charge in [0.05, 0.1) is 6.20 Å². The van der Waals surface area contributed by atoms with E-state index in [2.05, 4.69) is 10.3 Å². The molecule has 1 aliphatic heterocycles. The number of aromatic nitrogens is 1. The molecule has 1 aromatic heterocycles. The summed E-state index contributed by atoms with van der Waals surface area (Å²) in [7, 11) is 0. The highest BCUT2D eigenvalue weighted by atomic mass is 19.1. The molecule has 1 spiro atoms. The number of likely N-dealkylation sites (tertiary alicyclic amines) is 1. The summed E-state index contributed by atoms with van der Waals surface area (Å²) in [6, 6.07) is 2.25. The van der Waals surface area contributed by atoms with E-state index in [9.17, 15) is 14.0 Å². The van der Waals surface area contributed by atoms with Crippen LogP contribution in [0.2, 0.25) is 0 Å². The Balaban J connectivity index is 1.68. The van der Waals surface area contributed by atoms with Crippen LogP contribution in [0.25, 0.3) is 0 Å². The second-order valence-corrected chi connectivity index (χ2v) is 6.70. The highest BCUT2D eigenvalue weighted by molar-refractivity contribution is 5.97. The van der Waals surface area contributed by atoms with E-state index >= 15 is 0 Å². The SMILES string of the molecule is CCCCC(=O)N1CC2(CC2)C[C@H]1C(=O)Nc1ccc(F)cn1. The molecule has 0 radical (unpaired) electrons. The van der Waals surface area contributed by atoms with Crippen LogP contribution in [0.1, 0.15) is 45.4 Å². The summed E-state index contributed by atoms with van der Waals surface area (Å²) in [5, 5.41) is 2.71. The number of hydrogen-bond donors (Lipinski definition) is 1. The maximum Gasteiger partial charge on any atom is 0.248 e. The molecule has 23 heavy (non-hydrogen) atoms. The molecule has 0 bridgehead atoms. The summed E-state index contributed by atoms with van der Waals surface area (Å²) >= 11 is 0. The molecule has 1 aromatic rings. The number of pyridine rings is 1. The highest BCUT2D eigenvalue weighted by Crippen LogP contribution is 2.55. The van der Waals surface area contributed by atoms with Gasteiger partial charge in [-0.25, -0.2) is 9.37 Å². The Bertz CT molecular complexity index is 598. The van der Waals surface area contributed by atoms with Crippen LogP contribution in [0.3, 0.4) is 0 Å². The lowest BCUT2D eigenvalue weighted by Gasteiger charge is -2.23. The molecule has 6 heteroatoms. The normalized spacial score (nSPS) is 21.5. The third-order valence-electron chi connectivity index (χ3n) is 4.81. The van der Waals surface area contributed by atoms with Crippen molar-refractivity contribution in [1.29, 1.82) is 0 Å². The van der Waals surface area contributed by atoms with Crippen molar-refractivity contribution in [3.8, 4) is 0 Å². The Morgan fingerprint density at radius 1 is 1.43 bits per heavy atom. The van der Waals surface area contributed by atoms with E-state index < -0.39 is 11.9 Å². The van der Waals surface area contributed by atoms with Crippen molar-refractivity contribution in [2.45, 2.75) is 51.5 Å². The van der Waals surface area contributed by atoms with E-state index in [1.165, 1.54) is 12.1 Å². The van der Waals surface area contributed by atoms with Crippen LogP contribution in [0.5, 0.6) is 0 Å². The standard InChI is InChI=1S/C17H22FN3O2/c1-2-3-4-15(22)21-11-17(7-8-17)9-13(21)16(23)20-14-6-5-12(18)10-19-14/h5-6,10,13H,2-4,7-9,11H2,1H3,(H,19,20,23)/t13-/m0/s1. The van der Waals surface area contributed by atoms with Crippen LogP contribution in [0.15, 0.2) is 18.3 Å². The number of carbonyl (C=O) groups excluding carboxylic acids is 2. The Kier molecular flexibility index (Phi) is 4.33. The Hall–Kier alpha value is -1.98. The first-order valence-corrected chi connectivity index (χ1v) is 8.25. The molecule has 2 fully saturated rings. The van der Waals surface area contributed by atoms with E-state index in [0.29, 0.717) is 18.8 Å². The number of amides is 2. The average Bonchev–Trinajstić information content (AvgIpc) is 3.17. The minimum atomic E-state index is -0.447. The Morgan fingerprint density at radius 2 is 2.22 bits per heavy atom. The zero-order chi connectivity index (χ0) is 16.4. The summed E-state index contributed by atoms with van der Waals surface area (Å²) < 4.78 is 12.9. The van der Waals surface area contributed by atoms with Gasteiger partial charge in [0.1, 0.15) is 17.7 Å². The van der Waals surface area contributed by atoms with Gasteiger partial charge in [0.25, 0.3) is 0 Å². The van der Waals surface area contributed by atoms with Gasteiger partial charge in [0.2, 0.25) is 11.8 Å². The van der Waals surface area contributed by atoms with E-state index in [-0.39, 0.29) is 17.2 Å². The molecule has 2 aliphatic rings.